The van der Waals surface area contributed by atoms with Crippen molar-refractivity contribution in [2.75, 3.05) is 19.7 Å². The molecule has 0 aromatic carbocycles. The van der Waals surface area contributed by atoms with E-state index in [1.54, 1.807) is 0 Å². The van der Waals surface area contributed by atoms with Gasteiger partial charge in [-0.25, -0.2) is 0 Å². The molecule has 8 nitrogen and oxygen atoms in total. The number of hydrogen-bond acceptors (Lipinski definition) is 7. The van der Waals surface area contributed by atoms with E-state index in [0.29, 0.717) is 0 Å². The van der Waals surface area contributed by atoms with Crippen LogP contribution >= 0.6 is 7.60 Å². The molecule has 0 heterocycles. The average Bonchev–Trinajstić information content (AvgIpc) is 2.15. The van der Waals surface area contributed by atoms with Gasteiger partial charge in [-0.15, -0.1) is 0 Å². The van der Waals surface area contributed by atoms with Crippen molar-refractivity contribution in [2.24, 2.45) is 11.5 Å². The molecule has 0 radical (unpaired) electrons. The van der Waals surface area contributed by atoms with Crippen molar-refractivity contribution in [3.63, 3.8) is 0 Å². The summed E-state index contributed by atoms with van der Waals surface area (Å²) in [6.45, 7) is -1.63. The molecule has 0 aliphatic carbocycles. The van der Waals surface area contributed by atoms with Crippen LogP contribution in [0.2, 0.25) is 0 Å². The summed E-state index contributed by atoms with van der Waals surface area (Å²) >= 11 is 0. The molecular formula is C6H15N2O6P. The molecule has 0 fully saturated rings. The van der Waals surface area contributed by atoms with Gasteiger partial charge in [0.05, 0.1) is 12.2 Å². The monoisotopic (exact) mass is 242 g/mol. The van der Waals surface area contributed by atoms with Crippen LogP contribution in [-0.2, 0) is 18.4 Å². The van der Waals surface area contributed by atoms with Crippen molar-refractivity contribution in [1.82, 2.24) is 0 Å². The Morgan fingerprint density at radius 2 is 1.80 bits per heavy atom. The Labute approximate surface area is 86.7 Å². The molecule has 0 aromatic rings. The number of aliphatic hydroxyl groups excluding tert-OH is 2. The zero-order valence-corrected chi connectivity index (χ0v) is 8.93. The Morgan fingerprint density at radius 3 is 2.13 bits per heavy atom. The lowest BCUT2D eigenvalue weighted by Gasteiger charge is -2.16. The first kappa shape index (κ1) is 14.5. The largest absolute Gasteiger partial charge is 0.370 e. The minimum atomic E-state index is -3.60. The summed E-state index contributed by atoms with van der Waals surface area (Å²) in [5, 5.41) is 16.8. The van der Waals surface area contributed by atoms with E-state index in [1.165, 1.54) is 0 Å². The van der Waals surface area contributed by atoms with Crippen LogP contribution in [0.1, 0.15) is 6.42 Å². The molecule has 0 aliphatic rings. The topological polar surface area (TPSA) is 145 Å². The van der Waals surface area contributed by atoms with Gasteiger partial charge in [-0.3, -0.25) is 18.4 Å². The molecule has 0 rings (SSSR count). The normalized spacial score (nSPS) is 13.8. The second kappa shape index (κ2) is 6.89. The Balaban J connectivity index is 4.18. The minimum absolute atomic E-state index is 0.0212. The molecule has 0 bridgehead atoms. The first-order valence-corrected chi connectivity index (χ1v) is 5.82. The SMILES string of the molecule is NC(=O)C(N)CCP(=O)(OCO)OCO. The molecule has 1 atom stereocenters. The summed E-state index contributed by atoms with van der Waals surface area (Å²) in [5.41, 5.74) is 10.2. The van der Waals surface area contributed by atoms with Crippen molar-refractivity contribution >= 4 is 13.5 Å². The fourth-order valence-corrected chi connectivity index (χ4v) is 2.06. The van der Waals surface area contributed by atoms with Gasteiger partial charge >= 0.3 is 7.60 Å². The van der Waals surface area contributed by atoms with Crippen LogP contribution in [0.4, 0.5) is 0 Å². The summed E-state index contributed by atoms with van der Waals surface area (Å²) < 4.78 is 20.4. The second-order valence-electron chi connectivity index (χ2n) is 2.65. The van der Waals surface area contributed by atoms with Gasteiger partial charge in [0.15, 0.2) is 13.6 Å². The molecule has 1 amide bonds. The molecule has 0 saturated carbocycles. The minimum Gasteiger partial charge on any atom is -0.370 e. The fraction of sp³-hybridized carbons (Fsp3) is 0.833. The van der Waals surface area contributed by atoms with E-state index in [2.05, 4.69) is 9.05 Å². The maximum absolute atomic E-state index is 11.6. The molecule has 90 valence electrons. The van der Waals surface area contributed by atoms with E-state index in [0.717, 1.165) is 0 Å². The first-order chi connectivity index (χ1) is 6.95. The Bertz CT molecular complexity index is 238. The zero-order chi connectivity index (χ0) is 11.9. The van der Waals surface area contributed by atoms with Crippen molar-refractivity contribution in [3.8, 4) is 0 Å². The average molecular weight is 242 g/mol. The van der Waals surface area contributed by atoms with Gasteiger partial charge in [-0.1, -0.05) is 0 Å². The van der Waals surface area contributed by atoms with Crippen LogP contribution in [-0.4, -0.2) is 41.9 Å². The Morgan fingerprint density at radius 1 is 1.33 bits per heavy atom. The lowest BCUT2D eigenvalue weighted by atomic mass is 10.2. The number of rotatable bonds is 8. The summed E-state index contributed by atoms with van der Waals surface area (Å²) in [4.78, 5) is 10.6. The molecule has 9 heteroatoms. The van der Waals surface area contributed by atoms with Gasteiger partial charge in [0.1, 0.15) is 0 Å². The number of primary amides is 1. The van der Waals surface area contributed by atoms with E-state index in [9.17, 15) is 9.36 Å². The van der Waals surface area contributed by atoms with E-state index in [-0.39, 0.29) is 12.6 Å². The molecule has 15 heavy (non-hydrogen) atoms. The molecule has 0 spiro atoms. The van der Waals surface area contributed by atoms with Gasteiger partial charge in [-0.2, -0.15) is 0 Å². The van der Waals surface area contributed by atoms with Gasteiger partial charge in [-0.05, 0) is 6.42 Å². The third-order valence-corrected chi connectivity index (χ3v) is 3.41. The van der Waals surface area contributed by atoms with Crippen LogP contribution in [0.5, 0.6) is 0 Å². The molecular weight excluding hydrogens is 227 g/mol. The molecule has 6 N–H and O–H groups in total. The highest BCUT2D eigenvalue weighted by molar-refractivity contribution is 7.53. The Kier molecular flexibility index (Phi) is 6.66. The molecule has 0 saturated heterocycles. The quantitative estimate of drug-likeness (QED) is 0.293. The summed E-state index contributed by atoms with van der Waals surface area (Å²) in [7, 11) is -3.60. The molecule has 0 aliphatic heterocycles. The van der Waals surface area contributed by atoms with Gasteiger partial charge in [0.25, 0.3) is 0 Å². The number of hydrogen-bond donors (Lipinski definition) is 4. The van der Waals surface area contributed by atoms with E-state index in [1.807, 2.05) is 0 Å². The smallest absolute Gasteiger partial charge is 0.334 e. The van der Waals surface area contributed by atoms with Crippen molar-refractivity contribution in [2.45, 2.75) is 12.5 Å². The Hall–Kier alpha value is -0.500. The summed E-state index contributed by atoms with van der Waals surface area (Å²) in [6, 6.07) is -0.970. The first-order valence-electron chi connectivity index (χ1n) is 4.10. The van der Waals surface area contributed by atoms with Gasteiger partial charge < -0.3 is 21.7 Å². The van der Waals surface area contributed by atoms with E-state index < -0.39 is 33.1 Å². The third kappa shape index (κ3) is 5.83. The third-order valence-electron chi connectivity index (χ3n) is 1.59. The predicted octanol–water partition coefficient (Wildman–Crippen LogP) is -1.69. The standard InChI is InChI=1S/C6H15N2O6P/c7-5(6(8)11)1-2-15(12,13-3-9)14-4-10/h5,9-10H,1-4,7H2,(H2,8,11). The fourth-order valence-electron chi connectivity index (χ4n) is 0.782. The van der Waals surface area contributed by atoms with Crippen LogP contribution in [0.3, 0.4) is 0 Å². The lowest BCUT2D eigenvalue weighted by Crippen LogP contribution is -2.37. The predicted molar refractivity (Wildman–Crippen MR) is 50.6 cm³/mol. The summed E-state index contributed by atoms with van der Waals surface area (Å²) in [6.07, 6.45) is -0.231. The number of aliphatic hydroxyl groups is 2. The van der Waals surface area contributed by atoms with E-state index in [4.69, 9.17) is 21.7 Å². The molecule has 1 unspecified atom stereocenters. The van der Waals surface area contributed by atoms with Crippen LogP contribution in [0.25, 0.3) is 0 Å². The lowest BCUT2D eigenvalue weighted by molar-refractivity contribution is -0.119. The second-order valence-corrected chi connectivity index (χ2v) is 4.83. The number of amides is 1. The van der Waals surface area contributed by atoms with Gasteiger partial charge in [0.2, 0.25) is 5.91 Å². The maximum Gasteiger partial charge on any atom is 0.334 e. The van der Waals surface area contributed by atoms with E-state index >= 15 is 0 Å². The van der Waals surface area contributed by atoms with Crippen LogP contribution < -0.4 is 11.5 Å². The summed E-state index contributed by atoms with van der Waals surface area (Å²) in [5.74, 6) is -0.741. The highest BCUT2D eigenvalue weighted by Gasteiger charge is 2.26. The van der Waals surface area contributed by atoms with Crippen molar-refractivity contribution < 1.29 is 28.6 Å². The maximum atomic E-state index is 11.6. The van der Waals surface area contributed by atoms with Crippen LogP contribution in [0, 0.1) is 0 Å². The number of nitrogens with two attached hydrogens (primary N) is 2. The number of carbonyl (C=O) groups excluding carboxylic acids is 1. The van der Waals surface area contributed by atoms with Crippen LogP contribution in [0.15, 0.2) is 0 Å². The molecule has 0 aromatic heterocycles. The zero-order valence-electron chi connectivity index (χ0n) is 8.04. The highest BCUT2D eigenvalue weighted by Crippen LogP contribution is 2.48. The number of carbonyl (C=O) groups is 1. The van der Waals surface area contributed by atoms with Gasteiger partial charge in [0, 0.05) is 0 Å². The van der Waals surface area contributed by atoms with Crippen molar-refractivity contribution in [1.29, 1.82) is 0 Å². The highest BCUT2D eigenvalue weighted by atomic mass is 31.2. The van der Waals surface area contributed by atoms with Crippen molar-refractivity contribution in [3.05, 3.63) is 0 Å².